The Morgan fingerprint density at radius 3 is 2.77 bits per heavy atom. The Morgan fingerprint density at radius 2 is 1.97 bits per heavy atom. The molecule has 4 heterocycles. The Morgan fingerprint density at radius 1 is 1.10 bits per heavy atom. The lowest BCUT2D eigenvalue weighted by Gasteiger charge is -2.24. The number of nitrogens with two attached hydrogens (primary N) is 1. The number of hydrogen-bond acceptors (Lipinski definition) is 8. The summed E-state index contributed by atoms with van der Waals surface area (Å²) in [5.41, 5.74) is 15.4. The maximum absolute atomic E-state index is 6.50. The fourth-order valence-electron chi connectivity index (χ4n) is 5.37. The second-order valence-electron chi connectivity index (χ2n) is 10.5. The zero-order valence-corrected chi connectivity index (χ0v) is 22.9. The van der Waals surface area contributed by atoms with E-state index in [0.717, 1.165) is 66.2 Å². The lowest BCUT2D eigenvalue weighted by atomic mass is 10.0. The zero-order chi connectivity index (χ0) is 27.1. The summed E-state index contributed by atoms with van der Waals surface area (Å²) < 4.78 is 8.03. The molecule has 0 fully saturated rings. The fraction of sp³-hybridized carbons (Fsp3) is 0.300. The predicted molar refractivity (Wildman–Crippen MR) is 157 cm³/mol. The van der Waals surface area contributed by atoms with Crippen molar-refractivity contribution in [2.45, 2.75) is 26.3 Å². The Kier molecular flexibility index (Phi) is 6.44. The van der Waals surface area contributed by atoms with Gasteiger partial charge in [0.2, 0.25) is 11.8 Å². The molecule has 39 heavy (non-hydrogen) atoms. The second kappa shape index (κ2) is 10.1. The molecule has 0 saturated carbocycles. The SMILES string of the molecule is Cc1cc(N(C)CCN(C)C)c(N)cc1Nc1ncc(-c2ncco2)c(-c2cn3c4c(cccc24)CCC3)n1. The van der Waals surface area contributed by atoms with Gasteiger partial charge in [-0.1, -0.05) is 18.2 Å². The molecule has 0 atom stereocenters. The van der Waals surface area contributed by atoms with E-state index >= 15 is 0 Å². The minimum atomic E-state index is 0.489. The average Bonchev–Trinajstić information content (AvgIpc) is 3.59. The van der Waals surface area contributed by atoms with Crippen molar-refractivity contribution in [2.24, 2.45) is 0 Å². The molecule has 1 aliphatic heterocycles. The van der Waals surface area contributed by atoms with Crippen LogP contribution in [0.4, 0.5) is 23.0 Å². The molecular formula is C30H34N8O. The number of benzene rings is 2. The minimum absolute atomic E-state index is 0.489. The number of rotatable bonds is 8. The smallest absolute Gasteiger partial charge is 0.229 e. The number of nitrogens with zero attached hydrogens (tertiary/aromatic N) is 6. The van der Waals surface area contributed by atoms with Gasteiger partial charge in [-0.3, -0.25) is 0 Å². The molecule has 9 heteroatoms. The largest absolute Gasteiger partial charge is 0.444 e. The first-order chi connectivity index (χ1) is 18.9. The van der Waals surface area contributed by atoms with Crippen LogP contribution in [0.2, 0.25) is 0 Å². The van der Waals surface area contributed by atoms with Gasteiger partial charge in [0, 0.05) is 55.7 Å². The fourth-order valence-corrected chi connectivity index (χ4v) is 5.37. The van der Waals surface area contributed by atoms with Crippen LogP contribution in [-0.2, 0) is 13.0 Å². The van der Waals surface area contributed by atoms with Gasteiger partial charge in [-0.15, -0.1) is 0 Å². The first kappa shape index (κ1) is 24.9. The van der Waals surface area contributed by atoms with E-state index in [-0.39, 0.29) is 0 Å². The number of hydrogen-bond donors (Lipinski definition) is 2. The molecular weight excluding hydrogens is 488 g/mol. The van der Waals surface area contributed by atoms with Crippen molar-refractivity contribution >= 4 is 33.9 Å². The number of likely N-dealkylation sites (N-methyl/N-ethyl adjacent to an activating group) is 2. The van der Waals surface area contributed by atoms with Crippen molar-refractivity contribution < 1.29 is 4.42 Å². The Labute approximate surface area is 228 Å². The third kappa shape index (κ3) is 4.70. The highest BCUT2D eigenvalue weighted by Crippen LogP contribution is 2.39. The third-order valence-electron chi connectivity index (χ3n) is 7.45. The molecule has 1 aliphatic rings. The average molecular weight is 523 g/mol. The first-order valence-corrected chi connectivity index (χ1v) is 13.3. The van der Waals surface area contributed by atoms with E-state index in [0.29, 0.717) is 17.5 Å². The van der Waals surface area contributed by atoms with E-state index in [1.807, 2.05) is 6.07 Å². The first-order valence-electron chi connectivity index (χ1n) is 13.3. The van der Waals surface area contributed by atoms with Crippen molar-refractivity contribution in [3.63, 3.8) is 0 Å². The highest BCUT2D eigenvalue weighted by Gasteiger charge is 2.22. The van der Waals surface area contributed by atoms with Gasteiger partial charge < -0.3 is 29.8 Å². The molecule has 3 aromatic heterocycles. The normalized spacial score (nSPS) is 12.8. The molecule has 9 nitrogen and oxygen atoms in total. The molecule has 0 spiro atoms. The number of aromatic nitrogens is 4. The van der Waals surface area contributed by atoms with Crippen LogP contribution >= 0.6 is 0 Å². The van der Waals surface area contributed by atoms with Crippen LogP contribution in [-0.4, -0.2) is 58.7 Å². The van der Waals surface area contributed by atoms with Crippen molar-refractivity contribution in [1.82, 2.24) is 24.4 Å². The van der Waals surface area contributed by atoms with Gasteiger partial charge in [0.25, 0.3) is 0 Å². The number of anilines is 4. The minimum Gasteiger partial charge on any atom is -0.444 e. The number of para-hydroxylation sites is 1. The molecule has 0 unspecified atom stereocenters. The summed E-state index contributed by atoms with van der Waals surface area (Å²) in [6.07, 6.45) is 9.42. The molecule has 0 amide bonds. The molecule has 0 radical (unpaired) electrons. The summed E-state index contributed by atoms with van der Waals surface area (Å²) in [5.74, 6) is 0.984. The van der Waals surface area contributed by atoms with Gasteiger partial charge in [-0.2, -0.15) is 0 Å². The maximum Gasteiger partial charge on any atom is 0.229 e. The maximum atomic E-state index is 6.50. The van der Waals surface area contributed by atoms with Crippen LogP contribution in [0.15, 0.2) is 59.6 Å². The van der Waals surface area contributed by atoms with Gasteiger partial charge in [-0.05, 0) is 57.1 Å². The molecule has 6 rings (SSSR count). The highest BCUT2D eigenvalue weighted by atomic mass is 16.3. The van der Waals surface area contributed by atoms with Crippen LogP contribution in [0, 0.1) is 6.92 Å². The molecule has 2 aromatic carbocycles. The highest BCUT2D eigenvalue weighted by molar-refractivity contribution is 6.00. The quantitative estimate of drug-likeness (QED) is 0.264. The van der Waals surface area contributed by atoms with Gasteiger partial charge in [0.1, 0.15) is 6.26 Å². The lowest BCUT2D eigenvalue weighted by Crippen LogP contribution is -2.29. The molecule has 0 aliphatic carbocycles. The van der Waals surface area contributed by atoms with E-state index in [4.69, 9.17) is 15.1 Å². The van der Waals surface area contributed by atoms with Crippen molar-refractivity contribution in [3.05, 3.63) is 66.3 Å². The summed E-state index contributed by atoms with van der Waals surface area (Å²) in [4.78, 5) is 18.4. The Bertz CT molecular complexity index is 1640. The monoisotopic (exact) mass is 522 g/mol. The lowest BCUT2D eigenvalue weighted by molar-refractivity contribution is 0.416. The predicted octanol–water partition coefficient (Wildman–Crippen LogP) is 5.33. The van der Waals surface area contributed by atoms with Crippen molar-refractivity contribution in [1.29, 1.82) is 0 Å². The number of nitrogens with one attached hydrogen (secondary N) is 1. The number of nitrogen functional groups attached to an aromatic ring is 1. The summed E-state index contributed by atoms with van der Waals surface area (Å²) in [7, 11) is 6.21. The second-order valence-corrected chi connectivity index (χ2v) is 10.5. The third-order valence-corrected chi connectivity index (χ3v) is 7.45. The van der Waals surface area contributed by atoms with Crippen LogP contribution in [0.3, 0.4) is 0 Å². The van der Waals surface area contributed by atoms with Crippen molar-refractivity contribution in [3.8, 4) is 22.7 Å². The summed E-state index contributed by atoms with van der Waals surface area (Å²) in [6.45, 7) is 4.89. The molecule has 0 saturated heterocycles. The van der Waals surface area contributed by atoms with Crippen LogP contribution in [0.1, 0.15) is 17.5 Å². The van der Waals surface area contributed by atoms with Crippen LogP contribution < -0.4 is 16.0 Å². The zero-order valence-electron chi connectivity index (χ0n) is 22.9. The van der Waals surface area contributed by atoms with E-state index < -0.39 is 0 Å². The summed E-state index contributed by atoms with van der Waals surface area (Å²) in [5, 5.41) is 4.59. The topological polar surface area (TPSA) is 101 Å². The van der Waals surface area contributed by atoms with Crippen molar-refractivity contribution in [2.75, 3.05) is 50.2 Å². The van der Waals surface area contributed by atoms with Gasteiger partial charge in [-0.25, -0.2) is 15.0 Å². The van der Waals surface area contributed by atoms with Gasteiger partial charge in [0.05, 0.1) is 34.3 Å². The van der Waals surface area contributed by atoms with Crippen LogP contribution in [0.25, 0.3) is 33.6 Å². The van der Waals surface area contributed by atoms with E-state index in [9.17, 15) is 0 Å². The standard InChI is InChI=1S/C30H34N8O/c1-19-15-26(37(4)13-12-36(2)3)24(31)16-25(19)34-30-33-17-22(29-32-10-14-39-29)27(35-30)23-18-38-11-6-8-20-7-5-9-21(23)28(20)38/h5,7,9-10,14-18H,6,8,11-13,31H2,1-4H3,(H,33,34,35). The molecule has 0 bridgehead atoms. The molecule has 200 valence electrons. The summed E-state index contributed by atoms with van der Waals surface area (Å²) >= 11 is 0. The Hall–Kier alpha value is -4.37. The van der Waals surface area contributed by atoms with Gasteiger partial charge >= 0.3 is 0 Å². The summed E-state index contributed by atoms with van der Waals surface area (Å²) in [6, 6.07) is 10.6. The number of oxazole rings is 1. The number of aryl methyl sites for hydroxylation is 3. The van der Waals surface area contributed by atoms with E-state index in [1.54, 1.807) is 18.7 Å². The Balaban J connectivity index is 1.40. The van der Waals surface area contributed by atoms with Gasteiger partial charge in [0.15, 0.2) is 0 Å². The van der Waals surface area contributed by atoms with E-state index in [2.05, 4.69) is 88.2 Å². The van der Waals surface area contributed by atoms with Crippen LogP contribution in [0.5, 0.6) is 0 Å². The molecule has 5 aromatic rings. The van der Waals surface area contributed by atoms with E-state index in [1.165, 1.54) is 16.5 Å². The molecule has 3 N–H and O–H groups in total.